The first-order chi connectivity index (χ1) is 11.2. The molecule has 23 heavy (non-hydrogen) atoms. The number of carbonyl (C=O) groups excluding carboxylic acids is 1. The predicted molar refractivity (Wildman–Crippen MR) is 96.8 cm³/mol. The number of aliphatic imine (C=N–C) groups is 1. The van der Waals surface area contributed by atoms with Gasteiger partial charge in [0.05, 0.1) is 12.8 Å². The number of ether oxygens (including phenoxy) is 1. The number of anilines is 1. The monoisotopic (exact) mass is 356 g/mol. The molecule has 1 aliphatic heterocycles. The van der Waals surface area contributed by atoms with Gasteiger partial charge in [-0.3, -0.25) is 9.79 Å². The van der Waals surface area contributed by atoms with Gasteiger partial charge in [0.2, 0.25) is 0 Å². The van der Waals surface area contributed by atoms with Gasteiger partial charge in [0, 0.05) is 49.1 Å². The van der Waals surface area contributed by atoms with E-state index in [4.69, 9.17) is 28.2 Å². The van der Waals surface area contributed by atoms with Crippen molar-refractivity contribution in [3.63, 3.8) is 0 Å². The Bertz CT molecular complexity index is 570. The van der Waals surface area contributed by atoms with Gasteiger partial charge < -0.3 is 9.64 Å². The number of alkyl halides is 2. The summed E-state index contributed by atoms with van der Waals surface area (Å²) < 4.78 is 4.66. The minimum Gasteiger partial charge on any atom is -0.469 e. The van der Waals surface area contributed by atoms with Crippen LogP contribution in [0, 0.1) is 0 Å². The third-order valence-electron chi connectivity index (χ3n) is 3.89. The van der Waals surface area contributed by atoms with E-state index >= 15 is 0 Å². The molecule has 0 atom stereocenters. The summed E-state index contributed by atoms with van der Waals surface area (Å²) >= 11 is 11.7. The average Bonchev–Trinajstić information content (AvgIpc) is 2.96. The Morgan fingerprint density at radius 1 is 1.30 bits per heavy atom. The largest absolute Gasteiger partial charge is 0.469 e. The van der Waals surface area contributed by atoms with E-state index in [0.29, 0.717) is 18.2 Å². The summed E-state index contributed by atoms with van der Waals surface area (Å²) in [6.45, 7) is 1.53. The molecular formula is C17H22Cl2N2O2. The van der Waals surface area contributed by atoms with E-state index in [-0.39, 0.29) is 5.97 Å². The quantitative estimate of drug-likeness (QED) is 0.497. The third-order valence-corrected chi connectivity index (χ3v) is 4.23. The highest BCUT2D eigenvalue weighted by Crippen LogP contribution is 2.32. The molecule has 126 valence electrons. The lowest BCUT2D eigenvalue weighted by Gasteiger charge is -2.23. The van der Waals surface area contributed by atoms with Crippen LogP contribution < -0.4 is 4.90 Å². The van der Waals surface area contributed by atoms with E-state index in [1.165, 1.54) is 12.7 Å². The first-order valence-electron chi connectivity index (χ1n) is 7.81. The zero-order valence-corrected chi connectivity index (χ0v) is 14.9. The van der Waals surface area contributed by atoms with Crippen molar-refractivity contribution in [3.8, 4) is 0 Å². The van der Waals surface area contributed by atoms with Gasteiger partial charge in [-0.25, -0.2) is 0 Å². The summed E-state index contributed by atoms with van der Waals surface area (Å²) in [4.78, 5) is 18.0. The number of hydrogen-bond acceptors (Lipinski definition) is 4. The molecule has 0 spiro atoms. The van der Waals surface area contributed by atoms with Gasteiger partial charge in [0.25, 0.3) is 0 Å². The number of halogens is 2. The maximum Gasteiger partial charge on any atom is 0.305 e. The highest BCUT2D eigenvalue weighted by atomic mass is 35.5. The van der Waals surface area contributed by atoms with Gasteiger partial charge in [0.1, 0.15) is 0 Å². The Balaban J connectivity index is 2.00. The molecule has 1 aromatic carbocycles. The summed E-state index contributed by atoms with van der Waals surface area (Å²) in [5, 5.41) is 0. The van der Waals surface area contributed by atoms with Crippen molar-refractivity contribution in [2.24, 2.45) is 4.99 Å². The Morgan fingerprint density at radius 2 is 2.04 bits per heavy atom. The molecular weight excluding hydrogens is 335 g/mol. The molecule has 0 amide bonds. The van der Waals surface area contributed by atoms with Crippen molar-refractivity contribution < 1.29 is 9.53 Å². The summed E-state index contributed by atoms with van der Waals surface area (Å²) in [6, 6.07) is 6.32. The molecule has 0 aliphatic carbocycles. The fourth-order valence-corrected chi connectivity index (χ4v) is 3.10. The number of hydrogen-bond donors (Lipinski definition) is 0. The lowest BCUT2D eigenvalue weighted by Crippen LogP contribution is -2.27. The van der Waals surface area contributed by atoms with Crippen LogP contribution in [0.3, 0.4) is 0 Å². The van der Waals surface area contributed by atoms with Crippen LogP contribution >= 0.6 is 23.2 Å². The fourth-order valence-electron chi connectivity index (χ4n) is 2.69. The van der Waals surface area contributed by atoms with E-state index in [1.807, 2.05) is 0 Å². The zero-order chi connectivity index (χ0) is 16.7. The molecule has 1 aromatic rings. The number of rotatable bonds is 9. The molecule has 1 aliphatic rings. The number of fused-ring (bicyclic) bond motifs is 1. The topological polar surface area (TPSA) is 41.9 Å². The van der Waals surface area contributed by atoms with Crippen molar-refractivity contribution in [3.05, 3.63) is 23.8 Å². The molecule has 0 aromatic heterocycles. The predicted octanol–water partition coefficient (Wildman–Crippen LogP) is 3.94. The van der Waals surface area contributed by atoms with Gasteiger partial charge in [0.15, 0.2) is 0 Å². The van der Waals surface area contributed by atoms with Crippen LogP contribution in [0.15, 0.2) is 23.2 Å². The van der Waals surface area contributed by atoms with Crippen LogP contribution in [-0.2, 0) is 16.0 Å². The van der Waals surface area contributed by atoms with Gasteiger partial charge in [-0.05, 0) is 30.5 Å². The highest BCUT2D eigenvalue weighted by Gasteiger charge is 2.16. The highest BCUT2D eigenvalue weighted by molar-refractivity contribution is 6.18. The standard InChI is InChI=1S/C17H22Cl2N2O2/c1-23-17(22)4-2-3-14-11-13-5-6-15(12-16(13)20-14)21(9-7-18)10-8-19/h5-6,12H,2-4,7-11H2,1H3. The van der Waals surface area contributed by atoms with E-state index in [1.54, 1.807) is 0 Å². The lowest BCUT2D eigenvalue weighted by molar-refractivity contribution is -0.140. The zero-order valence-electron chi connectivity index (χ0n) is 13.4. The first-order valence-corrected chi connectivity index (χ1v) is 8.88. The van der Waals surface area contributed by atoms with Gasteiger partial charge >= 0.3 is 5.97 Å². The Labute approximate surface area is 147 Å². The maximum absolute atomic E-state index is 11.2. The van der Waals surface area contributed by atoms with Crippen molar-refractivity contribution in [1.82, 2.24) is 0 Å². The normalized spacial score (nSPS) is 12.7. The molecule has 0 fully saturated rings. The molecule has 2 rings (SSSR count). The van der Waals surface area contributed by atoms with Crippen LogP contribution in [-0.4, -0.2) is 43.6 Å². The van der Waals surface area contributed by atoms with Crippen LogP contribution in [0.25, 0.3) is 0 Å². The fraction of sp³-hybridized carbons (Fsp3) is 0.529. The average molecular weight is 357 g/mol. The lowest BCUT2D eigenvalue weighted by atomic mass is 10.1. The number of carbonyl (C=O) groups is 1. The summed E-state index contributed by atoms with van der Waals surface area (Å²) in [5.74, 6) is 0.965. The molecule has 0 unspecified atom stereocenters. The SMILES string of the molecule is COC(=O)CCCC1=Nc2cc(N(CCCl)CCCl)ccc2C1. The van der Waals surface area contributed by atoms with E-state index in [0.717, 1.165) is 49.4 Å². The second-order valence-corrected chi connectivity index (χ2v) is 6.22. The molecule has 0 radical (unpaired) electrons. The van der Waals surface area contributed by atoms with Crippen molar-refractivity contribution in [2.75, 3.05) is 36.9 Å². The van der Waals surface area contributed by atoms with E-state index in [2.05, 4.69) is 27.8 Å². The Hall–Kier alpha value is -1.26. The van der Waals surface area contributed by atoms with Crippen molar-refractivity contribution >= 4 is 46.3 Å². The number of nitrogens with zero attached hydrogens (tertiary/aromatic N) is 2. The molecule has 4 nitrogen and oxygen atoms in total. The first kappa shape index (κ1) is 18.1. The molecule has 0 saturated heterocycles. The van der Waals surface area contributed by atoms with Crippen molar-refractivity contribution in [2.45, 2.75) is 25.7 Å². The minimum absolute atomic E-state index is 0.166. The van der Waals surface area contributed by atoms with E-state index < -0.39 is 0 Å². The molecule has 0 bridgehead atoms. The number of methoxy groups -OCH3 is 1. The second kappa shape index (κ2) is 9.14. The van der Waals surface area contributed by atoms with Gasteiger partial charge in [-0.1, -0.05) is 6.07 Å². The van der Waals surface area contributed by atoms with Crippen LogP contribution in [0.5, 0.6) is 0 Å². The van der Waals surface area contributed by atoms with E-state index in [9.17, 15) is 4.79 Å². The smallest absolute Gasteiger partial charge is 0.305 e. The van der Waals surface area contributed by atoms with Gasteiger partial charge in [-0.2, -0.15) is 0 Å². The van der Waals surface area contributed by atoms with Crippen LogP contribution in [0.2, 0.25) is 0 Å². The molecule has 1 heterocycles. The minimum atomic E-state index is -0.166. The van der Waals surface area contributed by atoms with Crippen molar-refractivity contribution in [1.29, 1.82) is 0 Å². The third kappa shape index (κ3) is 5.11. The Kier molecular flexibility index (Phi) is 7.18. The van der Waals surface area contributed by atoms with Crippen LogP contribution in [0.1, 0.15) is 24.8 Å². The molecule has 0 saturated carbocycles. The van der Waals surface area contributed by atoms with Gasteiger partial charge in [-0.15, -0.1) is 23.2 Å². The molecule has 6 heteroatoms. The summed E-state index contributed by atoms with van der Waals surface area (Å²) in [6.07, 6.45) is 2.90. The number of esters is 1. The second-order valence-electron chi connectivity index (χ2n) is 5.46. The van der Waals surface area contributed by atoms with Crippen LogP contribution in [0.4, 0.5) is 11.4 Å². The summed E-state index contributed by atoms with van der Waals surface area (Å²) in [7, 11) is 1.42. The molecule has 0 N–H and O–H groups in total. The Morgan fingerprint density at radius 3 is 2.70 bits per heavy atom. The summed E-state index contributed by atoms with van der Waals surface area (Å²) in [5.41, 5.74) is 4.48. The maximum atomic E-state index is 11.2. The number of benzene rings is 1.